The molecule has 0 aliphatic carbocycles. The van der Waals surface area contributed by atoms with Crippen molar-refractivity contribution < 1.29 is 4.79 Å². The van der Waals surface area contributed by atoms with E-state index >= 15 is 0 Å². The van der Waals surface area contributed by atoms with Crippen LogP contribution in [-0.4, -0.2) is 41.4 Å². The van der Waals surface area contributed by atoms with Crippen molar-refractivity contribution in [3.8, 4) is 0 Å². The fourth-order valence-electron chi connectivity index (χ4n) is 1.67. The Labute approximate surface area is 117 Å². The number of nitrogens with zero attached hydrogens (tertiary/aromatic N) is 1. The second-order valence-corrected chi connectivity index (χ2v) is 6.80. The molecule has 0 fully saturated rings. The second-order valence-electron chi connectivity index (χ2n) is 5.77. The predicted octanol–water partition coefficient (Wildman–Crippen LogP) is 2.60. The minimum absolute atomic E-state index is 0.214. The summed E-state index contributed by atoms with van der Waals surface area (Å²) in [5.74, 6) is 2.74. The molecule has 0 rings (SSSR count). The lowest BCUT2D eigenvalue weighted by molar-refractivity contribution is -0.129. The summed E-state index contributed by atoms with van der Waals surface area (Å²) in [6.07, 6.45) is 0.975. The van der Waals surface area contributed by atoms with Crippen LogP contribution in [-0.2, 0) is 4.79 Å². The van der Waals surface area contributed by atoms with Crippen LogP contribution in [0.1, 0.15) is 41.0 Å². The van der Waals surface area contributed by atoms with E-state index in [-0.39, 0.29) is 11.9 Å². The highest BCUT2D eigenvalue weighted by molar-refractivity contribution is 7.99. The number of hydrogen-bond donors (Lipinski definition) is 1. The Hall–Kier alpha value is -0.220. The first-order chi connectivity index (χ1) is 8.36. The maximum absolute atomic E-state index is 12.1. The van der Waals surface area contributed by atoms with Crippen LogP contribution in [0.3, 0.4) is 0 Å². The zero-order valence-corrected chi connectivity index (χ0v) is 13.4. The molecule has 0 radical (unpaired) electrons. The third-order valence-corrected chi connectivity index (χ3v) is 3.72. The van der Waals surface area contributed by atoms with Crippen LogP contribution < -0.4 is 5.73 Å². The first kappa shape index (κ1) is 17.8. The zero-order valence-electron chi connectivity index (χ0n) is 12.6. The summed E-state index contributed by atoms with van der Waals surface area (Å²) in [6, 6.07) is 0.214. The topological polar surface area (TPSA) is 46.3 Å². The van der Waals surface area contributed by atoms with Crippen molar-refractivity contribution in [2.24, 2.45) is 17.6 Å². The van der Waals surface area contributed by atoms with Gasteiger partial charge >= 0.3 is 0 Å². The van der Waals surface area contributed by atoms with E-state index in [1.165, 1.54) is 0 Å². The van der Waals surface area contributed by atoms with Crippen LogP contribution >= 0.6 is 11.8 Å². The smallest absolute Gasteiger partial charge is 0.232 e. The van der Waals surface area contributed by atoms with Gasteiger partial charge in [0.2, 0.25) is 5.91 Å². The van der Waals surface area contributed by atoms with Gasteiger partial charge in [-0.15, -0.1) is 0 Å². The van der Waals surface area contributed by atoms with Crippen LogP contribution in [0.15, 0.2) is 0 Å². The number of thioether (sulfide) groups is 1. The van der Waals surface area contributed by atoms with E-state index in [0.717, 1.165) is 25.3 Å². The van der Waals surface area contributed by atoms with E-state index in [9.17, 15) is 4.79 Å². The molecule has 3 nitrogen and oxygen atoms in total. The molecule has 0 aliphatic rings. The molecule has 0 aromatic carbocycles. The fourth-order valence-corrected chi connectivity index (χ4v) is 2.68. The van der Waals surface area contributed by atoms with Crippen molar-refractivity contribution in [2.45, 2.75) is 47.1 Å². The van der Waals surface area contributed by atoms with E-state index in [0.29, 0.717) is 17.6 Å². The third kappa shape index (κ3) is 8.81. The Balaban J connectivity index is 4.12. The number of nitrogens with two attached hydrogens (primary N) is 1. The van der Waals surface area contributed by atoms with Crippen molar-refractivity contribution in [1.29, 1.82) is 0 Å². The van der Waals surface area contributed by atoms with Crippen LogP contribution in [0.2, 0.25) is 0 Å². The van der Waals surface area contributed by atoms with Crippen LogP contribution in [0, 0.1) is 11.8 Å². The fraction of sp³-hybridized carbons (Fsp3) is 0.929. The van der Waals surface area contributed by atoms with Gasteiger partial charge in [0.15, 0.2) is 0 Å². The first-order valence-corrected chi connectivity index (χ1v) is 8.13. The first-order valence-electron chi connectivity index (χ1n) is 6.97. The lowest BCUT2D eigenvalue weighted by Crippen LogP contribution is -2.38. The van der Waals surface area contributed by atoms with Crippen LogP contribution in [0.4, 0.5) is 0 Å². The van der Waals surface area contributed by atoms with Crippen molar-refractivity contribution in [3.05, 3.63) is 0 Å². The van der Waals surface area contributed by atoms with Crippen LogP contribution in [0.5, 0.6) is 0 Å². The summed E-state index contributed by atoms with van der Waals surface area (Å²) < 4.78 is 0. The Kier molecular flexibility index (Phi) is 9.56. The van der Waals surface area contributed by atoms with E-state index < -0.39 is 0 Å². The van der Waals surface area contributed by atoms with Gasteiger partial charge in [-0.05, 0) is 18.3 Å². The average Bonchev–Trinajstić information content (AvgIpc) is 2.26. The maximum Gasteiger partial charge on any atom is 0.232 e. The molecule has 0 aromatic rings. The third-order valence-electron chi connectivity index (χ3n) is 2.61. The minimum Gasteiger partial charge on any atom is -0.341 e. The molecular weight excluding hydrogens is 244 g/mol. The largest absolute Gasteiger partial charge is 0.341 e. The van der Waals surface area contributed by atoms with Crippen molar-refractivity contribution >= 4 is 17.7 Å². The van der Waals surface area contributed by atoms with Gasteiger partial charge in [-0.1, -0.05) is 34.6 Å². The molecule has 1 unspecified atom stereocenters. The quantitative estimate of drug-likeness (QED) is 0.703. The van der Waals surface area contributed by atoms with Gasteiger partial charge in [0.05, 0.1) is 5.75 Å². The summed E-state index contributed by atoms with van der Waals surface area (Å²) in [6.45, 7) is 12.4. The molecule has 2 N–H and O–H groups in total. The minimum atomic E-state index is 0.214. The predicted molar refractivity (Wildman–Crippen MR) is 81.8 cm³/mol. The standard InChI is InChI=1S/C14H30N2OS/c1-6-13(15)9-18-10-14(17)16(7-11(2)3)8-12(4)5/h11-13H,6-10,15H2,1-5H3. The van der Waals surface area contributed by atoms with Crippen molar-refractivity contribution in [3.63, 3.8) is 0 Å². The van der Waals surface area contributed by atoms with Gasteiger partial charge in [-0.2, -0.15) is 11.8 Å². The lowest BCUT2D eigenvalue weighted by Gasteiger charge is -2.26. The van der Waals surface area contributed by atoms with E-state index in [1.54, 1.807) is 11.8 Å². The van der Waals surface area contributed by atoms with Crippen LogP contribution in [0.25, 0.3) is 0 Å². The Morgan fingerprint density at radius 1 is 1.17 bits per heavy atom. The molecule has 0 saturated heterocycles. The highest BCUT2D eigenvalue weighted by Crippen LogP contribution is 2.09. The summed E-state index contributed by atoms with van der Waals surface area (Å²) in [5.41, 5.74) is 5.85. The Morgan fingerprint density at radius 3 is 2.06 bits per heavy atom. The molecule has 0 aliphatic heterocycles. The van der Waals surface area contributed by atoms with E-state index in [4.69, 9.17) is 5.73 Å². The molecule has 0 bridgehead atoms. The lowest BCUT2D eigenvalue weighted by atomic mass is 10.1. The molecular formula is C14H30N2OS. The molecule has 0 heterocycles. The normalized spacial score (nSPS) is 13.1. The number of rotatable bonds is 9. The second kappa shape index (κ2) is 9.68. The van der Waals surface area contributed by atoms with Gasteiger partial charge in [0.1, 0.15) is 0 Å². The SMILES string of the molecule is CCC(N)CSCC(=O)N(CC(C)C)CC(C)C. The van der Waals surface area contributed by atoms with Crippen molar-refractivity contribution in [2.75, 3.05) is 24.6 Å². The Morgan fingerprint density at radius 2 is 1.67 bits per heavy atom. The molecule has 0 spiro atoms. The van der Waals surface area contributed by atoms with Gasteiger partial charge < -0.3 is 10.6 Å². The van der Waals surface area contributed by atoms with Gasteiger partial charge in [-0.25, -0.2) is 0 Å². The van der Waals surface area contributed by atoms with E-state index in [1.807, 2.05) is 4.90 Å². The Bertz CT molecular complexity index is 222. The zero-order chi connectivity index (χ0) is 14.1. The molecule has 0 saturated carbocycles. The van der Waals surface area contributed by atoms with Crippen molar-refractivity contribution in [1.82, 2.24) is 4.90 Å². The molecule has 4 heteroatoms. The summed E-state index contributed by atoms with van der Waals surface area (Å²) in [7, 11) is 0. The average molecular weight is 274 g/mol. The monoisotopic (exact) mass is 274 g/mol. The molecule has 108 valence electrons. The highest BCUT2D eigenvalue weighted by atomic mass is 32.2. The van der Waals surface area contributed by atoms with Gasteiger partial charge in [-0.3, -0.25) is 4.79 Å². The summed E-state index contributed by atoms with van der Waals surface area (Å²) in [5, 5.41) is 0. The highest BCUT2D eigenvalue weighted by Gasteiger charge is 2.16. The summed E-state index contributed by atoms with van der Waals surface area (Å²) >= 11 is 1.66. The number of carbonyl (C=O) groups is 1. The molecule has 0 aromatic heterocycles. The molecule has 1 amide bonds. The maximum atomic E-state index is 12.1. The summed E-state index contributed by atoms with van der Waals surface area (Å²) in [4.78, 5) is 14.1. The van der Waals surface area contributed by atoms with Gasteiger partial charge in [0.25, 0.3) is 0 Å². The molecule has 1 atom stereocenters. The molecule has 18 heavy (non-hydrogen) atoms. The number of hydrogen-bond acceptors (Lipinski definition) is 3. The number of carbonyl (C=O) groups excluding carboxylic acids is 1. The van der Waals surface area contributed by atoms with Gasteiger partial charge in [0, 0.05) is 24.9 Å². The van der Waals surface area contributed by atoms with E-state index in [2.05, 4.69) is 34.6 Å². The number of amides is 1.